The van der Waals surface area contributed by atoms with E-state index in [1.807, 2.05) is 0 Å². The van der Waals surface area contributed by atoms with E-state index in [-0.39, 0.29) is 0 Å². The van der Waals surface area contributed by atoms with E-state index in [9.17, 15) is 4.79 Å². The third-order valence-corrected chi connectivity index (χ3v) is 3.80. The zero-order valence-corrected chi connectivity index (χ0v) is 9.34. The largest absolute Gasteiger partial charge is 0.324 e. The fraction of sp³-hybridized carbons (Fsp3) is 0.909. The summed E-state index contributed by atoms with van der Waals surface area (Å²) in [5.41, 5.74) is 0. The Morgan fingerprint density at radius 1 is 1.31 bits per heavy atom. The van der Waals surface area contributed by atoms with Crippen LogP contribution in [0.3, 0.4) is 0 Å². The molecule has 0 bridgehead atoms. The lowest BCUT2D eigenvalue weighted by molar-refractivity contribution is -0.934. The van der Waals surface area contributed by atoms with E-state index < -0.39 is 0 Å². The maximum Gasteiger partial charge on any atom is 0.133 e. The zero-order chi connectivity index (χ0) is 10.1. The van der Waals surface area contributed by atoms with Gasteiger partial charge in [-0.15, -0.1) is 0 Å². The van der Waals surface area contributed by atoms with Gasteiger partial charge in [-0.05, 0) is 20.8 Å². The third-order valence-electron chi connectivity index (χ3n) is 3.80. The van der Waals surface area contributed by atoms with Crippen molar-refractivity contribution in [2.24, 2.45) is 5.92 Å². The Kier molecular flexibility index (Phi) is 3.12. The normalized spacial score (nSPS) is 35.0. The van der Waals surface area contributed by atoms with Crippen molar-refractivity contribution in [1.29, 1.82) is 0 Å². The van der Waals surface area contributed by atoms with Crippen LogP contribution in [-0.4, -0.2) is 36.4 Å². The molecule has 0 amide bonds. The topological polar surface area (TPSA) is 17.1 Å². The standard InChI is InChI=1S/C11H22NO/c1-9(2)12(4)7-5-11(6-8-12)10(3)13/h9,11H,5-8H2,1-4H3/q+1. The van der Waals surface area contributed by atoms with E-state index in [4.69, 9.17) is 0 Å². The van der Waals surface area contributed by atoms with Crippen molar-refractivity contribution in [3.8, 4) is 0 Å². The Labute approximate surface area is 81.5 Å². The first kappa shape index (κ1) is 10.7. The van der Waals surface area contributed by atoms with Crippen LogP contribution in [-0.2, 0) is 4.79 Å². The molecule has 2 heteroatoms. The molecule has 1 aliphatic heterocycles. The number of Topliss-reactive ketones (excluding diaryl/α,β-unsaturated/α-hetero) is 1. The smallest absolute Gasteiger partial charge is 0.133 e. The van der Waals surface area contributed by atoms with Crippen molar-refractivity contribution in [1.82, 2.24) is 0 Å². The van der Waals surface area contributed by atoms with Crippen LogP contribution in [0.5, 0.6) is 0 Å². The molecule has 0 aromatic heterocycles. The molecule has 1 fully saturated rings. The number of rotatable bonds is 2. The number of hydrogen-bond donors (Lipinski definition) is 0. The first-order chi connectivity index (χ1) is 5.96. The fourth-order valence-electron chi connectivity index (χ4n) is 2.08. The molecule has 0 radical (unpaired) electrons. The van der Waals surface area contributed by atoms with Crippen LogP contribution in [0.2, 0.25) is 0 Å². The van der Waals surface area contributed by atoms with Gasteiger partial charge < -0.3 is 4.48 Å². The highest BCUT2D eigenvalue weighted by Gasteiger charge is 2.33. The monoisotopic (exact) mass is 184 g/mol. The lowest BCUT2D eigenvalue weighted by Gasteiger charge is -2.43. The maximum atomic E-state index is 11.2. The first-order valence-corrected chi connectivity index (χ1v) is 5.30. The van der Waals surface area contributed by atoms with E-state index in [1.165, 1.54) is 13.1 Å². The van der Waals surface area contributed by atoms with E-state index in [0.29, 0.717) is 17.7 Å². The third kappa shape index (κ3) is 2.31. The number of nitrogens with zero attached hydrogens (tertiary/aromatic N) is 1. The van der Waals surface area contributed by atoms with Crippen LogP contribution in [0.25, 0.3) is 0 Å². The van der Waals surface area contributed by atoms with Gasteiger partial charge in [0, 0.05) is 18.8 Å². The Bertz CT molecular complexity index is 190. The number of carbonyl (C=O) groups excluding carboxylic acids is 1. The van der Waals surface area contributed by atoms with Crippen molar-refractivity contribution in [2.75, 3.05) is 20.1 Å². The van der Waals surface area contributed by atoms with Crippen molar-refractivity contribution < 1.29 is 9.28 Å². The summed E-state index contributed by atoms with van der Waals surface area (Å²) >= 11 is 0. The minimum absolute atomic E-state index is 0.352. The molecule has 0 spiro atoms. The number of quaternary nitrogens is 1. The van der Waals surface area contributed by atoms with Crippen molar-refractivity contribution >= 4 is 5.78 Å². The molecular weight excluding hydrogens is 162 g/mol. The summed E-state index contributed by atoms with van der Waals surface area (Å²) in [7, 11) is 2.31. The summed E-state index contributed by atoms with van der Waals surface area (Å²) in [4.78, 5) is 11.2. The molecule has 13 heavy (non-hydrogen) atoms. The van der Waals surface area contributed by atoms with E-state index in [1.54, 1.807) is 6.92 Å². The molecule has 0 aliphatic carbocycles. The highest BCUT2D eigenvalue weighted by atomic mass is 16.1. The second-order valence-electron chi connectivity index (χ2n) is 4.91. The maximum absolute atomic E-state index is 11.2. The average Bonchev–Trinajstić information content (AvgIpc) is 2.04. The van der Waals surface area contributed by atoms with Gasteiger partial charge in [-0.25, -0.2) is 0 Å². The Balaban J connectivity index is 2.51. The molecule has 0 aromatic rings. The van der Waals surface area contributed by atoms with Crippen molar-refractivity contribution in [2.45, 2.75) is 39.7 Å². The van der Waals surface area contributed by atoms with Crippen molar-refractivity contribution in [3.63, 3.8) is 0 Å². The van der Waals surface area contributed by atoms with Gasteiger partial charge in [-0.1, -0.05) is 0 Å². The summed E-state index contributed by atoms with van der Waals surface area (Å²) in [6.07, 6.45) is 2.17. The van der Waals surface area contributed by atoms with E-state index in [0.717, 1.165) is 17.3 Å². The molecule has 76 valence electrons. The number of likely N-dealkylation sites (tertiary alicyclic amines) is 1. The molecule has 1 heterocycles. The molecule has 1 saturated heterocycles. The van der Waals surface area contributed by atoms with Gasteiger partial charge in [0.1, 0.15) is 5.78 Å². The number of carbonyl (C=O) groups is 1. The Hall–Kier alpha value is -0.370. The van der Waals surface area contributed by atoms with Gasteiger partial charge in [-0.3, -0.25) is 4.79 Å². The average molecular weight is 184 g/mol. The molecule has 0 aromatic carbocycles. The molecule has 0 atom stereocenters. The van der Waals surface area contributed by atoms with Gasteiger partial charge >= 0.3 is 0 Å². The van der Waals surface area contributed by atoms with Crippen LogP contribution in [0, 0.1) is 5.92 Å². The summed E-state index contributed by atoms with van der Waals surface area (Å²) in [6, 6.07) is 0.688. The van der Waals surface area contributed by atoms with Crippen molar-refractivity contribution in [3.05, 3.63) is 0 Å². The van der Waals surface area contributed by atoms with Gasteiger partial charge in [-0.2, -0.15) is 0 Å². The van der Waals surface area contributed by atoms with Gasteiger partial charge in [0.15, 0.2) is 0 Å². The zero-order valence-electron chi connectivity index (χ0n) is 9.34. The Morgan fingerprint density at radius 2 is 1.77 bits per heavy atom. The second kappa shape index (κ2) is 3.79. The molecule has 0 N–H and O–H groups in total. The summed E-state index contributed by atoms with van der Waals surface area (Å²) in [5, 5.41) is 0. The van der Waals surface area contributed by atoms with Gasteiger partial charge in [0.2, 0.25) is 0 Å². The summed E-state index contributed by atoms with van der Waals surface area (Å²) in [5.74, 6) is 0.736. The predicted octanol–water partition coefficient (Wildman–Crippen LogP) is 1.84. The summed E-state index contributed by atoms with van der Waals surface area (Å²) in [6.45, 7) is 8.61. The van der Waals surface area contributed by atoms with Crippen LogP contribution in [0.15, 0.2) is 0 Å². The number of piperidine rings is 1. The molecule has 0 saturated carbocycles. The molecular formula is C11H22NO+. The minimum Gasteiger partial charge on any atom is -0.324 e. The SMILES string of the molecule is CC(=O)C1CC[N+](C)(C(C)C)CC1. The van der Waals surface area contributed by atoms with Crippen LogP contribution in [0.1, 0.15) is 33.6 Å². The van der Waals surface area contributed by atoms with Crippen LogP contribution in [0.4, 0.5) is 0 Å². The lowest BCUT2D eigenvalue weighted by Crippen LogP contribution is -2.54. The number of hydrogen-bond acceptors (Lipinski definition) is 1. The minimum atomic E-state index is 0.352. The quantitative estimate of drug-likeness (QED) is 0.598. The van der Waals surface area contributed by atoms with Crippen LogP contribution < -0.4 is 0 Å². The Morgan fingerprint density at radius 3 is 2.08 bits per heavy atom. The summed E-state index contributed by atoms with van der Waals surface area (Å²) < 4.78 is 1.14. The molecule has 0 unspecified atom stereocenters. The molecule has 2 nitrogen and oxygen atoms in total. The predicted molar refractivity (Wildman–Crippen MR) is 54.5 cm³/mol. The highest BCUT2D eigenvalue weighted by molar-refractivity contribution is 5.78. The number of ketones is 1. The van der Waals surface area contributed by atoms with E-state index in [2.05, 4.69) is 20.9 Å². The van der Waals surface area contributed by atoms with Crippen LogP contribution >= 0.6 is 0 Å². The lowest BCUT2D eigenvalue weighted by atomic mass is 9.91. The van der Waals surface area contributed by atoms with Gasteiger partial charge in [0.25, 0.3) is 0 Å². The molecule has 1 rings (SSSR count). The molecule has 1 aliphatic rings. The highest BCUT2D eigenvalue weighted by Crippen LogP contribution is 2.24. The van der Waals surface area contributed by atoms with E-state index >= 15 is 0 Å². The first-order valence-electron chi connectivity index (χ1n) is 5.30. The van der Waals surface area contributed by atoms with Gasteiger partial charge in [0.05, 0.1) is 26.2 Å². The fourth-order valence-corrected chi connectivity index (χ4v) is 2.08. The second-order valence-corrected chi connectivity index (χ2v) is 4.91.